The molecule has 6 nitrogen and oxygen atoms in total. The van der Waals surface area contributed by atoms with Crippen molar-refractivity contribution in [2.75, 3.05) is 31.1 Å². The average Bonchev–Trinajstić information content (AvgIpc) is 2.72. The van der Waals surface area contributed by atoms with Crippen LogP contribution in [0.5, 0.6) is 0 Å². The van der Waals surface area contributed by atoms with Gasteiger partial charge in [0.2, 0.25) is 5.91 Å². The molecule has 0 atom stereocenters. The predicted molar refractivity (Wildman–Crippen MR) is 111 cm³/mol. The fourth-order valence-corrected chi connectivity index (χ4v) is 3.24. The Morgan fingerprint density at radius 3 is 2.14 bits per heavy atom. The molecule has 1 heterocycles. The van der Waals surface area contributed by atoms with Gasteiger partial charge in [-0.25, -0.2) is 0 Å². The van der Waals surface area contributed by atoms with Crippen LogP contribution in [-0.4, -0.2) is 41.9 Å². The van der Waals surface area contributed by atoms with E-state index in [2.05, 4.69) is 30.9 Å². The van der Waals surface area contributed by atoms with Gasteiger partial charge in [0, 0.05) is 50.1 Å². The first kappa shape index (κ1) is 19.6. The van der Waals surface area contributed by atoms with Crippen molar-refractivity contribution in [1.29, 1.82) is 0 Å². The van der Waals surface area contributed by atoms with Crippen LogP contribution >= 0.6 is 0 Å². The van der Waals surface area contributed by atoms with E-state index in [1.54, 1.807) is 18.2 Å². The quantitative estimate of drug-likeness (QED) is 0.446. The highest BCUT2D eigenvalue weighted by atomic mass is 16.6. The minimum Gasteiger partial charge on any atom is -0.368 e. The van der Waals surface area contributed by atoms with Gasteiger partial charge in [-0.1, -0.05) is 38.1 Å². The molecule has 3 rings (SSSR count). The van der Waals surface area contributed by atoms with Gasteiger partial charge in [-0.05, 0) is 35.3 Å². The van der Waals surface area contributed by atoms with Crippen LogP contribution in [0.3, 0.4) is 0 Å². The van der Waals surface area contributed by atoms with Gasteiger partial charge in [-0.2, -0.15) is 0 Å². The second-order valence-electron chi connectivity index (χ2n) is 7.24. The molecular formula is C22H25N3O3. The summed E-state index contributed by atoms with van der Waals surface area (Å²) in [6, 6.07) is 14.8. The van der Waals surface area contributed by atoms with Gasteiger partial charge in [0.05, 0.1) is 4.92 Å². The van der Waals surface area contributed by atoms with Crippen LogP contribution in [0.1, 0.15) is 30.9 Å². The number of amides is 1. The lowest BCUT2D eigenvalue weighted by atomic mass is 10.0. The Hall–Kier alpha value is -3.15. The lowest BCUT2D eigenvalue weighted by Crippen LogP contribution is -2.48. The normalized spacial score (nSPS) is 14.7. The first-order valence-corrected chi connectivity index (χ1v) is 9.50. The number of nitro benzene ring substituents is 1. The second-order valence-corrected chi connectivity index (χ2v) is 7.24. The molecular weight excluding hydrogens is 354 g/mol. The fourth-order valence-electron chi connectivity index (χ4n) is 3.24. The number of rotatable bonds is 5. The number of non-ortho nitro benzene ring substituents is 1. The number of benzene rings is 2. The Balaban J connectivity index is 1.53. The van der Waals surface area contributed by atoms with Crippen molar-refractivity contribution in [3.05, 3.63) is 75.8 Å². The highest BCUT2D eigenvalue weighted by Gasteiger charge is 2.20. The highest BCUT2D eigenvalue weighted by Crippen LogP contribution is 2.21. The summed E-state index contributed by atoms with van der Waals surface area (Å²) in [5.41, 5.74) is 3.33. The van der Waals surface area contributed by atoms with E-state index < -0.39 is 4.92 Å². The molecule has 0 radical (unpaired) electrons. The van der Waals surface area contributed by atoms with E-state index in [4.69, 9.17) is 0 Å². The molecule has 1 aliphatic rings. The number of anilines is 1. The van der Waals surface area contributed by atoms with E-state index in [0.717, 1.165) is 11.3 Å². The van der Waals surface area contributed by atoms with Crippen molar-refractivity contribution in [3.8, 4) is 0 Å². The molecule has 1 amide bonds. The van der Waals surface area contributed by atoms with Crippen LogP contribution in [-0.2, 0) is 4.79 Å². The van der Waals surface area contributed by atoms with E-state index in [1.165, 1.54) is 17.7 Å². The van der Waals surface area contributed by atoms with Crippen molar-refractivity contribution >= 4 is 23.4 Å². The number of carbonyl (C=O) groups is 1. The first-order chi connectivity index (χ1) is 13.4. The molecule has 2 aromatic carbocycles. The molecule has 0 aliphatic carbocycles. The summed E-state index contributed by atoms with van der Waals surface area (Å²) in [6.45, 7) is 7.00. The molecule has 0 spiro atoms. The fraction of sp³-hybridized carbons (Fsp3) is 0.318. The number of hydrogen-bond acceptors (Lipinski definition) is 4. The van der Waals surface area contributed by atoms with Crippen LogP contribution in [0.2, 0.25) is 0 Å². The van der Waals surface area contributed by atoms with Crippen molar-refractivity contribution in [1.82, 2.24) is 4.90 Å². The molecule has 1 saturated heterocycles. The van der Waals surface area contributed by atoms with Gasteiger partial charge in [-0.3, -0.25) is 14.9 Å². The van der Waals surface area contributed by atoms with Gasteiger partial charge < -0.3 is 9.80 Å². The Labute approximate surface area is 165 Å². The molecule has 0 saturated carbocycles. The summed E-state index contributed by atoms with van der Waals surface area (Å²) in [7, 11) is 0. The number of carbonyl (C=O) groups excluding carboxylic acids is 1. The van der Waals surface area contributed by atoms with Crippen LogP contribution in [0.25, 0.3) is 6.08 Å². The maximum Gasteiger partial charge on any atom is 0.269 e. The summed E-state index contributed by atoms with van der Waals surface area (Å²) in [4.78, 5) is 26.8. The molecule has 0 aromatic heterocycles. The highest BCUT2D eigenvalue weighted by molar-refractivity contribution is 5.92. The molecule has 2 aromatic rings. The molecule has 6 heteroatoms. The van der Waals surface area contributed by atoms with Crippen LogP contribution in [0.4, 0.5) is 11.4 Å². The van der Waals surface area contributed by atoms with Crippen molar-refractivity contribution < 1.29 is 9.72 Å². The van der Waals surface area contributed by atoms with E-state index >= 15 is 0 Å². The van der Waals surface area contributed by atoms with E-state index in [-0.39, 0.29) is 11.6 Å². The maximum atomic E-state index is 12.5. The van der Waals surface area contributed by atoms with Crippen molar-refractivity contribution in [2.24, 2.45) is 0 Å². The number of piperazine rings is 1. The van der Waals surface area contributed by atoms with Crippen molar-refractivity contribution in [2.45, 2.75) is 19.8 Å². The summed E-state index contributed by atoms with van der Waals surface area (Å²) < 4.78 is 0. The van der Waals surface area contributed by atoms with Gasteiger partial charge in [0.1, 0.15) is 0 Å². The third kappa shape index (κ3) is 4.76. The van der Waals surface area contributed by atoms with Gasteiger partial charge in [-0.15, -0.1) is 0 Å². The average molecular weight is 379 g/mol. The SMILES string of the molecule is CC(C)c1ccc(/C=C\C(=O)N2CCN(c3ccc([N+](=O)[O-])cc3)CC2)cc1. The van der Waals surface area contributed by atoms with Gasteiger partial charge >= 0.3 is 0 Å². The zero-order chi connectivity index (χ0) is 20.1. The molecule has 146 valence electrons. The van der Waals surface area contributed by atoms with Crippen molar-refractivity contribution in [3.63, 3.8) is 0 Å². The zero-order valence-corrected chi connectivity index (χ0v) is 16.2. The van der Waals surface area contributed by atoms with E-state index in [0.29, 0.717) is 32.1 Å². The van der Waals surface area contributed by atoms with Gasteiger partial charge in [0.15, 0.2) is 0 Å². The lowest BCUT2D eigenvalue weighted by molar-refractivity contribution is -0.384. The first-order valence-electron chi connectivity index (χ1n) is 9.50. The third-order valence-corrected chi connectivity index (χ3v) is 5.04. The van der Waals surface area contributed by atoms with Crippen LogP contribution in [0, 0.1) is 10.1 Å². The Morgan fingerprint density at radius 1 is 1.00 bits per heavy atom. The molecule has 0 unspecified atom stereocenters. The van der Waals surface area contributed by atoms with Gasteiger partial charge in [0.25, 0.3) is 5.69 Å². The standard InChI is InChI=1S/C22H25N3O3/c1-17(2)19-6-3-18(4-7-19)5-12-22(26)24-15-13-23(14-16-24)20-8-10-21(11-9-20)25(27)28/h3-12,17H,13-16H2,1-2H3/b12-5-. The largest absolute Gasteiger partial charge is 0.368 e. The predicted octanol–water partition coefficient (Wildman–Crippen LogP) is 4.08. The molecule has 1 fully saturated rings. The summed E-state index contributed by atoms with van der Waals surface area (Å²) in [5, 5.41) is 10.8. The Bertz CT molecular complexity index is 850. The minimum absolute atomic E-state index is 0.0104. The molecule has 0 N–H and O–H groups in total. The Morgan fingerprint density at radius 2 is 1.61 bits per heavy atom. The molecule has 0 bridgehead atoms. The minimum atomic E-state index is -0.400. The summed E-state index contributed by atoms with van der Waals surface area (Å²) >= 11 is 0. The van der Waals surface area contributed by atoms with E-state index in [9.17, 15) is 14.9 Å². The molecule has 28 heavy (non-hydrogen) atoms. The number of nitrogens with zero attached hydrogens (tertiary/aromatic N) is 3. The Kier molecular flexibility index (Phi) is 6.09. The third-order valence-electron chi connectivity index (χ3n) is 5.04. The zero-order valence-electron chi connectivity index (χ0n) is 16.2. The summed E-state index contributed by atoms with van der Waals surface area (Å²) in [6.07, 6.45) is 3.49. The van der Waals surface area contributed by atoms with E-state index in [1.807, 2.05) is 23.1 Å². The second kappa shape index (κ2) is 8.69. The van der Waals surface area contributed by atoms with Crippen LogP contribution in [0.15, 0.2) is 54.6 Å². The smallest absolute Gasteiger partial charge is 0.269 e. The van der Waals surface area contributed by atoms with Crippen LogP contribution < -0.4 is 4.90 Å². The number of hydrogen-bond donors (Lipinski definition) is 0. The number of nitro groups is 1. The maximum absolute atomic E-state index is 12.5. The molecule has 1 aliphatic heterocycles. The lowest BCUT2D eigenvalue weighted by Gasteiger charge is -2.35. The summed E-state index contributed by atoms with van der Waals surface area (Å²) in [5.74, 6) is 0.503. The monoisotopic (exact) mass is 379 g/mol. The topological polar surface area (TPSA) is 66.7 Å².